The van der Waals surface area contributed by atoms with Crippen molar-refractivity contribution < 1.29 is 37.6 Å². The minimum Gasteiger partial charge on any atom is -0.545 e. The summed E-state index contributed by atoms with van der Waals surface area (Å²) < 4.78 is 0. The van der Waals surface area contributed by atoms with E-state index in [1.165, 1.54) is 24.3 Å². The first kappa shape index (κ1) is 10.4. The number of hydrogen-bond acceptors (Lipinski definition) is 3. The molecule has 53 valence electrons. The van der Waals surface area contributed by atoms with Gasteiger partial charge in [0.1, 0.15) is 0 Å². The quantitative estimate of drug-likeness (QED) is 0.562. The predicted octanol–water partition coefficient (Wildman–Crippen LogP) is -0.370. The molecule has 1 radical (unpaired) electrons. The van der Waals surface area contributed by atoms with Gasteiger partial charge >= 0.3 is 27.7 Å². The molecule has 0 saturated carbocycles. The Hall–Kier alpha value is -0.575. The summed E-state index contributed by atoms with van der Waals surface area (Å²) in [4.78, 5) is 10.2. The number of carboxylic acids is 1. The molecule has 4 heteroatoms. The third-order valence-electron chi connectivity index (χ3n) is 1.15. The summed E-state index contributed by atoms with van der Waals surface area (Å²) in [6, 6.07) is 5.85. The van der Waals surface area contributed by atoms with Crippen LogP contribution in [-0.4, -0.2) is 5.97 Å². The molecule has 0 aliphatic heterocycles. The molecule has 0 aromatic heterocycles. The predicted molar refractivity (Wildman–Crippen MR) is 35.2 cm³/mol. The van der Waals surface area contributed by atoms with E-state index in [0.29, 0.717) is 5.69 Å². The molecular formula is C7H6HgNO2. The van der Waals surface area contributed by atoms with Crippen LogP contribution in [0.5, 0.6) is 0 Å². The number of carboxylic acid groups (broad SMARTS) is 1. The minimum absolute atomic E-state index is 0. The molecule has 0 aliphatic rings. The molecule has 0 atom stereocenters. The fourth-order valence-electron chi connectivity index (χ4n) is 0.619. The molecule has 11 heavy (non-hydrogen) atoms. The number of benzene rings is 1. The van der Waals surface area contributed by atoms with Gasteiger partial charge in [-0.25, -0.2) is 0 Å². The summed E-state index contributed by atoms with van der Waals surface area (Å²) in [6.07, 6.45) is 0. The summed E-state index contributed by atoms with van der Waals surface area (Å²) in [6.45, 7) is 0. The van der Waals surface area contributed by atoms with Gasteiger partial charge in [0.2, 0.25) is 0 Å². The average molecular weight is 337 g/mol. The first-order chi connectivity index (χ1) is 4.70. The fourth-order valence-corrected chi connectivity index (χ4v) is 0.619. The van der Waals surface area contributed by atoms with E-state index in [4.69, 9.17) is 5.73 Å². The smallest absolute Gasteiger partial charge is 0.545 e. The summed E-state index contributed by atoms with van der Waals surface area (Å²) in [5.74, 6) is -1.18. The van der Waals surface area contributed by atoms with E-state index < -0.39 is 5.97 Å². The van der Waals surface area contributed by atoms with E-state index in [1.807, 2.05) is 0 Å². The first-order valence-electron chi connectivity index (χ1n) is 2.77. The van der Waals surface area contributed by atoms with Gasteiger partial charge in [0.25, 0.3) is 0 Å². The van der Waals surface area contributed by atoms with E-state index in [1.54, 1.807) is 0 Å². The molecule has 1 aromatic rings. The van der Waals surface area contributed by atoms with Crippen molar-refractivity contribution >= 4 is 11.7 Å². The molecule has 2 N–H and O–H groups in total. The van der Waals surface area contributed by atoms with Crippen molar-refractivity contribution in [2.24, 2.45) is 0 Å². The maximum absolute atomic E-state index is 10.2. The zero-order chi connectivity index (χ0) is 7.56. The van der Waals surface area contributed by atoms with E-state index in [9.17, 15) is 9.90 Å². The van der Waals surface area contributed by atoms with Crippen LogP contribution >= 0.6 is 0 Å². The van der Waals surface area contributed by atoms with Crippen molar-refractivity contribution in [1.82, 2.24) is 0 Å². The fraction of sp³-hybridized carbons (Fsp3) is 0. The van der Waals surface area contributed by atoms with Crippen molar-refractivity contribution in [3.63, 3.8) is 0 Å². The van der Waals surface area contributed by atoms with E-state index in [-0.39, 0.29) is 33.2 Å². The van der Waals surface area contributed by atoms with Crippen molar-refractivity contribution in [2.45, 2.75) is 0 Å². The number of hydrogen-bond donors (Lipinski definition) is 1. The molecule has 0 fully saturated rings. The molecule has 1 rings (SSSR count). The van der Waals surface area contributed by atoms with Crippen LogP contribution in [0.4, 0.5) is 5.69 Å². The van der Waals surface area contributed by atoms with Crippen LogP contribution < -0.4 is 10.8 Å². The van der Waals surface area contributed by atoms with Crippen LogP contribution in [0.25, 0.3) is 0 Å². The maximum Gasteiger partial charge on any atom is 1.00 e. The van der Waals surface area contributed by atoms with Crippen molar-refractivity contribution in [3.8, 4) is 0 Å². The van der Waals surface area contributed by atoms with Gasteiger partial charge in [-0.1, -0.05) is 12.1 Å². The van der Waals surface area contributed by atoms with Crippen LogP contribution in [-0.2, 0) is 27.7 Å². The normalized spacial score (nSPS) is 8.36. The molecule has 0 bridgehead atoms. The van der Waals surface area contributed by atoms with Crippen molar-refractivity contribution in [3.05, 3.63) is 29.8 Å². The summed E-state index contributed by atoms with van der Waals surface area (Å²) in [5, 5.41) is 10.2. The van der Waals surface area contributed by atoms with Crippen LogP contribution in [0, 0.1) is 0 Å². The molecule has 0 spiro atoms. The second-order valence-electron chi connectivity index (χ2n) is 1.91. The van der Waals surface area contributed by atoms with Gasteiger partial charge in [0.15, 0.2) is 0 Å². The van der Waals surface area contributed by atoms with Gasteiger partial charge in [-0.2, -0.15) is 0 Å². The van der Waals surface area contributed by atoms with Crippen molar-refractivity contribution in [1.29, 1.82) is 0 Å². The molecule has 1 aromatic carbocycles. The zero-order valence-corrected chi connectivity index (χ0v) is 11.4. The maximum atomic E-state index is 10.2. The Bertz CT molecular complexity index is 245. The number of carbonyl (C=O) groups is 1. The number of nitrogen functional groups attached to an aromatic ring is 1. The van der Waals surface area contributed by atoms with Gasteiger partial charge in [-0.05, 0) is 17.7 Å². The topological polar surface area (TPSA) is 66.2 Å². The Kier molecular flexibility index (Phi) is 4.11. The first-order valence-corrected chi connectivity index (χ1v) is 2.77. The van der Waals surface area contributed by atoms with Gasteiger partial charge in [0.05, 0.1) is 5.97 Å². The Morgan fingerprint density at radius 1 is 1.27 bits per heavy atom. The number of anilines is 1. The Morgan fingerprint density at radius 3 is 2.09 bits per heavy atom. The van der Waals surface area contributed by atoms with Crippen molar-refractivity contribution in [2.75, 3.05) is 5.73 Å². The largest absolute Gasteiger partial charge is 1.00 e. The minimum atomic E-state index is -1.18. The van der Waals surface area contributed by atoms with Crippen LogP contribution in [0.3, 0.4) is 0 Å². The van der Waals surface area contributed by atoms with Crippen LogP contribution in [0.2, 0.25) is 0 Å². The standard InChI is InChI=1S/C7H7NO2.Hg/c8-6-3-1-5(2-4-6)7(9)10;/h1-4H,8H2,(H,9,10);/q;+1/p-1. The Labute approximate surface area is 84.7 Å². The van der Waals surface area contributed by atoms with E-state index in [0.717, 1.165) is 0 Å². The van der Waals surface area contributed by atoms with Gasteiger partial charge in [0, 0.05) is 5.69 Å². The number of aromatic carboxylic acids is 1. The van der Waals surface area contributed by atoms with Gasteiger partial charge in [-0.3, -0.25) is 0 Å². The van der Waals surface area contributed by atoms with E-state index in [2.05, 4.69) is 0 Å². The molecule has 0 unspecified atom stereocenters. The second-order valence-corrected chi connectivity index (χ2v) is 1.91. The summed E-state index contributed by atoms with van der Waals surface area (Å²) in [7, 11) is 0. The number of nitrogens with two attached hydrogens (primary N) is 1. The van der Waals surface area contributed by atoms with Gasteiger partial charge < -0.3 is 15.6 Å². The summed E-state index contributed by atoms with van der Waals surface area (Å²) in [5.41, 5.74) is 6.01. The molecule has 3 nitrogen and oxygen atoms in total. The summed E-state index contributed by atoms with van der Waals surface area (Å²) >= 11 is 0. The zero-order valence-electron chi connectivity index (χ0n) is 5.91. The van der Waals surface area contributed by atoms with Crippen LogP contribution in [0.1, 0.15) is 10.4 Å². The number of rotatable bonds is 1. The molecule has 0 saturated heterocycles. The molecular weight excluding hydrogens is 331 g/mol. The van der Waals surface area contributed by atoms with Gasteiger partial charge in [-0.15, -0.1) is 0 Å². The molecule has 0 heterocycles. The number of carbonyl (C=O) groups excluding carboxylic acids is 1. The third-order valence-corrected chi connectivity index (χ3v) is 1.15. The van der Waals surface area contributed by atoms with Crippen LogP contribution in [0.15, 0.2) is 24.3 Å². The molecule has 0 aliphatic carbocycles. The molecule has 0 amide bonds. The van der Waals surface area contributed by atoms with E-state index >= 15 is 0 Å². The average Bonchev–Trinajstić information content (AvgIpc) is 1.88. The Morgan fingerprint density at radius 2 is 1.73 bits per heavy atom. The SMILES string of the molecule is Nc1ccc(C(=O)[O-])cc1.[Hg+]. The monoisotopic (exact) mass is 338 g/mol. The third kappa shape index (κ3) is 2.88. The second kappa shape index (κ2) is 4.33. The Balaban J connectivity index is 0.000001000.